The van der Waals surface area contributed by atoms with Gasteiger partial charge in [0.25, 0.3) is 0 Å². The first-order valence-corrected chi connectivity index (χ1v) is 7.52. The van der Waals surface area contributed by atoms with Gasteiger partial charge in [0.15, 0.2) is 0 Å². The average Bonchev–Trinajstić information content (AvgIpc) is 2.89. The topological polar surface area (TPSA) is 17.8 Å². The molecule has 5 heteroatoms. The number of aromatic nitrogens is 2. The van der Waals surface area contributed by atoms with Crippen LogP contribution in [-0.2, 0) is 12.7 Å². The molecule has 0 radical (unpaired) electrons. The Bertz CT molecular complexity index is 978. The molecule has 0 saturated carbocycles. The summed E-state index contributed by atoms with van der Waals surface area (Å²) < 4.78 is 40.8. The molecule has 24 heavy (non-hydrogen) atoms. The van der Waals surface area contributed by atoms with Crippen molar-refractivity contribution in [2.75, 3.05) is 0 Å². The second-order valence-corrected chi connectivity index (χ2v) is 5.67. The maximum absolute atomic E-state index is 12.9. The molecule has 0 aliphatic heterocycles. The van der Waals surface area contributed by atoms with Crippen LogP contribution in [0, 0.1) is 0 Å². The number of pyridine rings is 1. The molecular formula is C19H13F3N2. The smallest absolute Gasteiger partial charge is 0.335 e. The van der Waals surface area contributed by atoms with E-state index in [4.69, 9.17) is 0 Å². The lowest BCUT2D eigenvalue weighted by Crippen LogP contribution is -2.06. The number of hydrogen-bond donors (Lipinski definition) is 0. The van der Waals surface area contributed by atoms with Gasteiger partial charge in [-0.15, -0.1) is 0 Å². The Morgan fingerprint density at radius 3 is 2.50 bits per heavy atom. The van der Waals surface area contributed by atoms with Gasteiger partial charge in [-0.3, -0.25) is 4.98 Å². The number of para-hydroxylation sites is 1. The molecule has 4 aromatic rings. The molecule has 0 unspecified atom stereocenters. The molecule has 0 aliphatic carbocycles. The normalized spacial score (nSPS) is 12.1. The van der Waals surface area contributed by atoms with Crippen LogP contribution >= 0.6 is 0 Å². The molecule has 0 fully saturated rings. The predicted molar refractivity (Wildman–Crippen MR) is 87.8 cm³/mol. The summed E-state index contributed by atoms with van der Waals surface area (Å²) in [4.78, 5) is 4.43. The van der Waals surface area contributed by atoms with Crippen LogP contribution in [0.15, 0.2) is 66.9 Å². The highest BCUT2D eigenvalue weighted by atomic mass is 19.4. The largest absolute Gasteiger partial charge is 0.416 e. The van der Waals surface area contributed by atoms with Gasteiger partial charge in [0.05, 0.1) is 22.1 Å². The Labute approximate surface area is 136 Å². The van der Waals surface area contributed by atoms with Gasteiger partial charge >= 0.3 is 6.18 Å². The van der Waals surface area contributed by atoms with Gasteiger partial charge in [-0.05, 0) is 35.9 Å². The first-order valence-electron chi connectivity index (χ1n) is 7.52. The van der Waals surface area contributed by atoms with Gasteiger partial charge in [-0.1, -0.05) is 30.3 Å². The minimum absolute atomic E-state index is 0.361. The zero-order valence-corrected chi connectivity index (χ0v) is 12.6. The second kappa shape index (κ2) is 5.37. The lowest BCUT2D eigenvalue weighted by atomic mass is 10.1. The molecule has 0 N–H and O–H groups in total. The third-order valence-electron chi connectivity index (χ3n) is 4.12. The highest BCUT2D eigenvalue weighted by Gasteiger charge is 2.30. The van der Waals surface area contributed by atoms with Crippen LogP contribution in [0.5, 0.6) is 0 Å². The van der Waals surface area contributed by atoms with Crippen molar-refractivity contribution in [2.45, 2.75) is 12.7 Å². The van der Waals surface area contributed by atoms with E-state index >= 15 is 0 Å². The number of halogens is 3. The first kappa shape index (κ1) is 14.8. The zero-order valence-electron chi connectivity index (χ0n) is 12.6. The molecule has 4 rings (SSSR count). The molecule has 0 aliphatic rings. The summed E-state index contributed by atoms with van der Waals surface area (Å²) in [6, 6.07) is 17.0. The second-order valence-electron chi connectivity index (χ2n) is 5.67. The van der Waals surface area contributed by atoms with Crippen LogP contribution in [0.2, 0.25) is 0 Å². The molecular weight excluding hydrogens is 313 g/mol. The van der Waals surface area contributed by atoms with E-state index in [1.807, 2.05) is 41.0 Å². The molecule has 120 valence electrons. The Morgan fingerprint density at radius 2 is 1.67 bits per heavy atom. The first-order chi connectivity index (χ1) is 11.5. The average molecular weight is 326 g/mol. The standard InChI is InChI=1S/C19H13F3N2/c20-19(21,22)14-6-3-5-13(11-14)12-24-16-8-2-1-7-15(16)18-17(24)9-4-10-23-18/h1-11H,12H2. The minimum atomic E-state index is -4.33. The molecule has 2 aromatic heterocycles. The van der Waals surface area contributed by atoms with Crippen LogP contribution in [0.4, 0.5) is 13.2 Å². The molecule has 0 amide bonds. The van der Waals surface area contributed by atoms with E-state index in [2.05, 4.69) is 4.98 Å². The fourth-order valence-corrected chi connectivity index (χ4v) is 3.06. The summed E-state index contributed by atoms with van der Waals surface area (Å²) in [7, 11) is 0. The maximum atomic E-state index is 12.9. The van der Waals surface area contributed by atoms with E-state index in [0.29, 0.717) is 12.1 Å². The zero-order chi connectivity index (χ0) is 16.7. The molecule has 2 nitrogen and oxygen atoms in total. The third kappa shape index (κ3) is 2.42. The molecule has 2 aromatic carbocycles. The van der Waals surface area contributed by atoms with Crippen molar-refractivity contribution in [3.63, 3.8) is 0 Å². The van der Waals surface area contributed by atoms with E-state index in [-0.39, 0.29) is 0 Å². The fraction of sp³-hybridized carbons (Fsp3) is 0.105. The van der Waals surface area contributed by atoms with Crippen LogP contribution in [0.3, 0.4) is 0 Å². The van der Waals surface area contributed by atoms with Crippen molar-refractivity contribution in [3.8, 4) is 0 Å². The minimum Gasteiger partial charge on any atom is -0.335 e. The summed E-state index contributed by atoms with van der Waals surface area (Å²) >= 11 is 0. The predicted octanol–water partition coefficient (Wildman–Crippen LogP) is 5.26. The van der Waals surface area contributed by atoms with Crippen molar-refractivity contribution >= 4 is 21.9 Å². The van der Waals surface area contributed by atoms with E-state index in [9.17, 15) is 13.2 Å². The SMILES string of the molecule is FC(F)(F)c1cccc(Cn2c3ccccc3c3ncccc32)c1. The monoisotopic (exact) mass is 326 g/mol. The van der Waals surface area contributed by atoms with Gasteiger partial charge in [0, 0.05) is 18.1 Å². The van der Waals surface area contributed by atoms with Gasteiger partial charge < -0.3 is 4.57 Å². The van der Waals surface area contributed by atoms with Crippen LogP contribution in [0.1, 0.15) is 11.1 Å². The Morgan fingerprint density at radius 1 is 0.875 bits per heavy atom. The summed E-state index contributed by atoms with van der Waals surface area (Å²) in [6.07, 6.45) is -2.61. The lowest BCUT2D eigenvalue weighted by molar-refractivity contribution is -0.137. The maximum Gasteiger partial charge on any atom is 0.416 e. The number of rotatable bonds is 2. The summed E-state index contributed by atoms with van der Waals surface area (Å²) in [5, 5.41) is 1.00. The lowest BCUT2D eigenvalue weighted by Gasteiger charge is -2.11. The van der Waals surface area contributed by atoms with Crippen molar-refractivity contribution < 1.29 is 13.2 Å². The highest BCUT2D eigenvalue weighted by molar-refractivity contribution is 6.05. The Kier molecular flexibility index (Phi) is 3.30. The number of benzene rings is 2. The van der Waals surface area contributed by atoms with Crippen molar-refractivity contribution in [1.82, 2.24) is 9.55 Å². The molecule has 2 heterocycles. The van der Waals surface area contributed by atoms with Crippen LogP contribution < -0.4 is 0 Å². The van der Waals surface area contributed by atoms with E-state index in [1.54, 1.807) is 12.3 Å². The number of nitrogens with zero attached hydrogens (tertiary/aromatic N) is 2. The van der Waals surface area contributed by atoms with Gasteiger partial charge in [0.2, 0.25) is 0 Å². The van der Waals surface area contributed by atoms with E-state index in [1.165, 1.54) is 12.1 Å². The fourth-order valence-electron chi connectivity index (χ4n) is 3.06. The molecule has 0 saturated heterocycles. The molecule has 0 atom stereocenters. The van der Waals surface area contributed by atoms with Crippen molar-refractivity contribution in [1.29, 1.82) is 0 Å². The van der Waals surface area contributed by atoms with Crippen LogP contribution in [-0.4, -0.2) is 9.55 Å². The van der Waals surface area contributed by atoms with E-state index < -0.39 is 11.7 Å². The Balaban J connectivity index is 1.88. The van der Waals surface area contributed by atoms with Crippen molar-refractivity contribution in [3.05, 3.63) is 78.0 Å². The number of hydrogen-bond acceptors (Lipinski definition) is 1. The quantitative estimate of drug-likeness (QED) is 0.491. The molecule has 0 spiro atoms. The number of fused-ring (bicyclic) bond motifs is 3. The summed E-state index contributed by atoms with van der Waals surface area (Å²) in [5.74, 6) is 0. The summed E-state index contributed by atoms with van der Waals surface area (Å²) in [6.45, 7) is 0.361. The van der Waals surface area contributed by atoms with Gasteiger partial charge in [0.1, 0.15) is 0 Å². The summed E-state index contributed by atoms with van der Waals surface area (Å²) in [5.41, 5.74) is 2.72. The third-order valence-corrected chi connectivity index (χ3v) is 4.12. The van der Waals surface area contributed by atoms with Crippen LogP contribution in [0.25, 0.3) is 21.9 Å². The van der Waals surface area contributed by atoms with Gasteiger partial charge in [-0.25, -0.2) is 0 Å². The van der Waals surface area contributed by atoms with Gasteiger partial charge in [-0.2, -0.15) is 13.2 Å². The highest BCUT2D eigenvalue weighted by Crippen LogP contribution is 2.31. The van der Waals surface area contributed by atoms with Crippen molar-refractivity contribution in [2.24, 2.45) is 0 Å². The number of alkyl halides is 3. The molecule has 0 bridgehead atoms. The Hall–Kier alpha value is -2.82. The van der Waals surface area contributed by atoms with E-state index in [0.717, 1.165) is 28.0 Å².